The Balaban J connectivity index is 2.03. The van der Waals surface area contributed by atoms with Gasteiger partial charge in [-0.25, -0.2) is 13.9 Å². The fourth-order valence-electron chi connectivity index (χ4n) is 1.99. The first-order valence-corrected chi connectivity index (χ1v) is 7.67. The summed E-state index contributed by atoms with van der Waals surface area (Å²) in [6.45, 7) is 5.22. The molecule has 1 N–H and O–H groups in total. The molecular weight excluding hydrogens is 337 g/mol. The fourth-order valence-corrected chi connectivity index (χ4v) is 2.14. The monoisotopic (exact) mass is 353 g/mol. The molecule has 24 heavy (non-hydrogen) atoms. The van der Waals surface area contributed by atoms with Crippen LogP contribution in [0.5, 0.6) is 0 Å². The molecule has 0 fully saturated rings. The summed E-state index contributed by atoms with van der Waals surface area (Å²) in [5.41, 5.74) is -0.286. The summed E-state index contributed by atoms with van der Waals surface area (Å²) in [7, 11) is 0. The van der Waals surface area contributed by atoms with Crippen LogP contribution in [0.4, 0.5) is 10.2 Å². The summed E-state index contributed by atoms with van der Waals surface area (Å²) in [5, 5.41) is 6.87. The van der Waals surface area contributed by atoms with Crippen LogP contribution < -0.4 is 5.32 Å². The molecule has 0 aliphatic heterocycles. The zero-order chi connectivity index (χ0) is 17.9. The van der Waals surface area contributed by atoms with Gasteiger partial charge in [-0.15, -0.1) is 0 Å². The molecule has 0 radical (unpaired) electrons. The van der Waals surface area contributed by atoms with Gasteiger partial charge >= 0.3 is 5.97 Å². The minimum absolute atomic E-state index is 0.0521. The zero-order valence-corrected chi connectivity index (χ0v) is 14.2. The van der Waals surface area contributed by atoms with Crippen molar-refractivity contribution in [2.24, 2.45) is 0 Å². The van der Waals surface area contributed by atoms with Gasteiger partial charge in [0.2, 0.25) is 0 Å². The van der Waals surface area contributed by atoms with Crippen LogP contribution in [-0.2, 0) is 9.53 Å². The molecule has 8 heteroatoms. The molecule has 2 aromatic rings. The number of ether oxygens (including phenoxy) is 1. The van der Waals surface area contributed by atoms with Crippen LogP contribution in [0.3, 0.4) is 0 Å². The Morgan fingerprint density at radius 1 is 1.29 bits per heavy atom. The molecule has 0 spiro atoms. The van der Waals surface area contributed by atoms with E-state index in [1.165, 1.54) is 19.1 Å². The van der Waals surface area contributed by atoms with Gasteiger partial charge in [0.05, 0.1) is 11.8 Å². The minimum Gasteiger partial charge on any atom is -0.449 e. The molecule has 0 bridgehead atoms. The molecule has 0 aliphatic rings. The first kappa shape index (κ1) is 17.9. The van der Waals surface area contributed by atoms with E-state index in [4.69, 9.17) is 16.3 Å². The largest absolute Gasteiger partial charge is 0.449 e. The van der Waals surface area contributed by atoms with Crippen LogP contribution in [0.15, 0.2) is 30.5 Å². The lowest BCUT2D eigenvalue weighted by Crippen LogP contribution is -2.31. The maximum atomic E-state index is 13.7. The van der Waals surface area contributed by atoms with Crippen molar-refractivity contribution >= 4 is 29.3 Å². The van der Waals surface area contributed by atoms with Crippen LogP contribution in [0.25, 0.3) is 0 Å². The molecule has 1 heterocycles. The molecule has 1 atom stereocenters. The molecule has 6 nitrogen and oxygen atoms in total. The van der Waals surface area contributed by atoms with Crippen LogP contribution in [-0.4, -0.2) is 27.8 Å². The fraction of sp³-hybridized carbons (Fsp3) is 0.312. The van der Waals surface area contributed by atoms with E-state index in [1.807, 2.05) is 13.8 Å². The Hall–Kier alpha value is -2.41. The number of aromatic nitrogens is 2. The van der Waals surface area contributed by atoms with E-state index >= 15 is 0 Å². The summed E-state index contributed by atoms with van der Waals surface area (Å²) >= 11 is 5.63. The number of carbonyl (C=O) groups is 2. The predicted molar refractivity (Wildman–Crippen MR) is 87.5 cm³/mol. The van der Waals surface area contributed by atoms with Crippen molar-refractivity contribution in [1.29, 1.82) is 0 Å². The van der Waals surface area contributed by atoms with Crippen LogP contribution >= 0.6 is 11.6 Å². The third-order valence-electron chi connectivity index (χ3n) is 3.21. The van der Waals surface area contributed by atoms with Gasteiger partial charge < -0.3 is 10.1 Å². The van der Waals surface area contributed by atoms with E-state index in [2.05, 4.69) is 10.4 Å². The van der Waals surface area contributed by atoms with Gasteiger partial charge in [-0.05, 0) is 39.0 Å². The van der Waals surface area contributed by atoms with E-state index in [-0.39, 0.29) is 16.6 Å². The third kappa shape index (κ3) is 4.11. The number of hydrogen-bond donors (Lipinski definition) is 1. The first-order valence-electron chi connectivity index (χ1n) is 7.30. The Morgan fingerprint density at radius 2 is 2.00 bits per heavy atom. The number of nitrogens with one attached hydrogen (secondary N) is 1. The van der Waals surface area contributed by atoms with Gasteiger partial charge in [-0.2, -0.15) is 5.10 Å². The van der Waals surface area contributed by atoms with Gasteiger partial charge in [0.15, 0.2) is 6.10 Å². The Bertz CT molecular complexity index is 761. The summed E-state index contributed by atoms with van der Waals surface area (Å²) in [4.78, 5) is 24.1. The number of hydrogen-bond acceptors (Lipinski definition) is 4. The number of carbonyl (C=O) groups excluding carboxylic acids is 2. The van der Waals surface area contributed by atoms with Gasteiger partial charge in [0.25, 0.3) is 5.91 Å². The maximum absolute atomic E-state index is 13.7. The van der Waals surface area contributed by atoms with Crippen molar-refractivity contribution in [3.8, 4) is 0 Å². The SMILES string of the molecule is CC(C)n1nccc1NC(=O)[C@@H](C)OC(=O)c1ccc(Cl)cc1F. The highest BCUT2D eigenvalue weighted by molar-refractivity contribution is 6.30. The van der Waals surface area contributed by atoms with Gasteiger partial charge in [-0.3, -0.25) is 4.79 Å². The van der Waals surface area contributed by atoms with E-state index in [0.717, 1.165) is 6.07 Å². The summed E-state index contributed by atoms with van der Waals surface area (Å²) in [5.74, 6) is -1.81. The van der Waals surface area contributed by atoms with Crippen molar-refractivity contribution in [2.75, 3.05) is 5.32 Å². The number of halogens is 2. The van der Waals surface area contributed by atoms with Gasteiger partial charge in [-0.1, -0.05) is 11.6 Å². The number of benzene rings is 1. The zero-order valence-electron chi connectivity index (χ0n) is 13.4. The molecule has 1 aromatic carbocycles. The lowest BCUT2D eigenvalue weighted by molar-refractivity contribution is -0.123. The summed E-state index contributed by atoms with van der Waals surface area (Å²) in [6, 6.07) is 5.26. The second-order valence-corrected chi connectivity index (χ2v) is 5.85. The second kappa shape index (κ2) is 7.44. The molecule has 0 aliphatic carbocycles. The highest BCUT2D eigenvalue weighted by Crippen LogP contribution is 2.17. The topological polar surface area (TPSA) is 73.2 Å². The maximum Gasteiger partial charge on any atom is 0.341 e. The average Bonchev–Trinajstić information content (AvgIpc) is 2.95. The molecule has 0 saturated carbocycles. The van der Waals surface area contributed by atoms with E-state index in [0.29, 0.717) is 5.82 Å². The standard InChI is InChI=1S/C16H17ClFN3O3/c1-9(2)21-14(6-7-19-21)20-15(22)10(3)24-16(23)12-5-4-11(17)8-13(12)18/h4-10H,1-3H3,(H,20,22)/t10-/m1/s1. The number of esters is 1. The number of amides is 1. The minimum atomic E-state index is -1.11. The lowest BCUT2D eigenvalue weighted by Gasteiger charge is -2.16. The Morgan fingerprint density at radius 3 is 2.62 bits per heavy atom. The highest BCUT2D eigenvalue weighted by atomic mass is 35.5. The lowest BCUT2D eigenvalue weighted by atomic mass is 10.2. The van der Waals surface area contributed by atoms with E-state index in [1.54, 1.807) is 16.9 Å². The van der Waals surface area contributed by atoms with E-state index in [9.17, 15) is 14.0 Å². The van der Waals surface area contributed by atoms with Crippen LogP contribution in [0, 0.1) is 5.82 Å². The third-order valence-corrected chi connectivity index (χ3v) is 3.45. The molecular formula is C16H17ClFN3O3. The molecule has 0 unspecified atom stereocenters. The molecule has 0 saturated heterocycles. The van der Waals surface area contributed by atoms with Crippen LogP contribution in [0.1, 0.15) is 37.2 Å². The average molecular weight is 354 g/mol. The Labute approximate surface area is 143 Å². The van der Waals surface area contributed by atoms with Gasteiger partial charge in [0, 0.05) is 17.1 Å². The van der Waals surface area contributed by atoms with Crippen molar-refractivity contribution in [3.63, 3.8) is 0 Å². The molecule has 128 valence electrons. The normalized spacial score (nSPS) is 12.1. The second-order valence-electron chi connectivity index (χ2n) is 5.42. The van der Waals surface area contributed by atoms with Crippen LogP contribution in [0.2, 0.25) is 5.02 Å². The smallest absolute Gasteiger partial charge is 0.341 e. The van der Waals surface area contributed by atoms with Crippen molar-refractivity contribution in [1.82, 2.24) is 9.78 Å². The van der Waals surface area contributed by atoms with E-state index < -0.39 is 23.8 Å². The quantitative estimate of drug-likeness (QED) is 0.836. The molecule has 1 aromatic heterocycles. The Kier molecular flexibility index (Phi) is 5.56. The van der Waals surface area contributed by atoms with Gasteiger partial charge in [0.1, 0.15) is 11.6 Å². The molecule has 1 amide bonds. The summed E-state index contributed by atoms with van der Waals surface area (Å²) in [6.07, 6.45) is 0.443. The highest BCUT2D eigenvalue weighted by Gasteiger charge is 2.22. The number of rotatable bonds is 5. The van der Waals surface area contributed by atoms with Crippen molar-refractivity contribution in [3.05, 3.63) is 46.9 Å². The van der Waals surface area contributed by atoms with Crippen molar-refractivity contribution < 1.29 is 18.7 Å². The number of anilines is 1. The first-order chi connectivity index (χ1) is 11.3. The number of nitrogens with zero attached hydrogens (tertiary/aromatic N) is 2. The predicted octanol–water partition coefficient (Wildman–Crippen LogP) is 3.44. The summed E-state index contributed by atoms with van der Waals surface area (Å²) < 4.78 is 20.3. The van der Waals surface area contributed by atoms with Crippen molar-refractivity contribution in [2.45, 2.75) is 32.9 Å². The molecule has 2 rings (SSSR count).